The second kappa shape index (κ2) is 3.66. The van der Waals surface area contributed by atoms with Crippen molar-refractivity contribution in [3.05, 3.63) is 30.1 Å². The third-order valence-electron chi connectivity index (χ3n) is 1.14. The predicted octanol–water partition coefficient (Wildman–Crippen LogP) is 2.49. The molecule has 0 spiro atoms. The van der Waals surface area contributed by atoms with E-state index in [1.807, 2.05) is 0 Å². The van der Waals surface area contributed by atoms with Crippen molar-refractivity contribution in [3.63, 3.8) is 0 Å². The largest absolute Gasteiger partial charge is 0.258 e. The first-order valence-corrected chi connectivity index (χ1v) is 4.07. The Hall–Kier alpha value is -0.440. The molecule has 1 rings (SSSR count). The summed E-state index contributed by atoms with van der Waals surface area (Å²) < 4.78 is 12.8. The first-order valence-electron chi connectivity index (χ1n) is 2.95. The van der Waals surface area contributed by atoms with Gasteiger partial charge in [-0.25, -0.2) is 4.39 Å². The monoisotopic (exact) mass is 203 g/mol. The molecule has 0 aliphatic carbocycles. The van der Waals surface area contributed by atoms with Crippen LogP contribution in [-0.4, -0.2) is 10.3 Å². The molecular weight excluding hydrogens is 197 g/mol. The quantitative estimate of drug-likeness (QED) is 0.674. The van der Waals surface area contributed by atoms with E-state index in [9.17, 15) is 4.39 Å². The molecule has 1 heterocycles. The van der Waals surface area contributed by atoms with Crippen molar-refractivity contribution in [1.82, 2.24) is 4.98 Å². The van der Waals surface area contributed by atoms with Crippen LogP contribution < -0.4 is 0 Å². The standard InChI is InChI=1S/C7H7BrFN/c8-5-6(9)7-3-1-2-4-10-7/h1-4,6H,5H2/t6-/m1/s1. The highest BCUT2D eigenvalue weighted by atomic mass is 79.9. The molecule has 0 fully saturated rings. The van der Waals surface area contributed by atoms with Gasteiger partial charge in [0.05, 0.1) is 5.69 Å². The number of halogens is 2. The fourth-order valence-electron chi connectivity index (χ4n) is 0.640. The highest BCUT2D eigenvalue weighted by molar-refractivity contribution is 9.09. The van der Waals surface area contributed by atoms with Gasteiger partial charge in [0.2, 0.25) is 0 Å². The molecule has 0 aliphatic heterocycles. The van der Waals surface area contributed by atoms with E-state index >= 15 is 0 Å². The Balaban J connectivity index is 2.75. The van der Waals surface area contributed by atoms with Gasteiger partial charge in [-0.1, -0.05) is 22.0 Å². The van der Waals surface area contributed by atoms with E-state index in [4.69, 9.17) is 0 Å². The Morgan fingerprint density at radius 3 is 2.90 bits per heavy atom. The minimum atomic E-state index is -0.985. The number of rotatable bonds is 2. The average molecular weight is 204 g/mol. The SMILES string of the molecule is F[C@H](CBr)c1ccccn1. The molecule has 0 amide bonds. The lowest BCUT2D eigenvalue weighted by Crippen LogP contribution is -1.94. The number of pyridine rings is 1. The molecule has 0 bridgehead atoms. The first kappa shape index (κ1) is 7.66. The topological polar surface area (TPSA) is 12.9 Å². The molecule has 54 valence electrons. The van der Waals surface area contributed by atoms with E-state index in [1.165, 1.54) is 0 Å². The average Bonchev–Trinajstić information content (AvgIpc) is 2.05. The third-order valence-corrected chi connectivity index (χ3v) is 1.71. The zero-order chi connectivity index (χ0) is 7.40. The molecule has 10 heavy (non-hydrogen) atoms. The minimum absolute atomic E-state index is 0.310. The van der Waals surface area contributed by atoms with Crippen molar-refractivity contribution in [2.75, 3.05) is 5.33 Å². The van der Waals surface area contributed by atoms with Gasteiger partial charge in [0.25, 0.3) is 0 Å². The summed E-state index contributed by atoms with van der Waals surface area (Å²) >= 11 is 3.04. The molecule has 0 N–H and O–H groups in total. The maximum atomic E-state index is 12.8. The van der Waals surface area contributed by atoms with Crippen LogP contribution in [0.5, 0.6) is 0 Å². The summed E-state index contributed by atoms with van der Waals surface area (Å²) in [7, 11) is 0. The van der Waals surface area contributed by atoms with Gasteiger partial charge < -0.3 is 0 Å². The summed E-state index contributed by atoms with van der Waals surface area (Å²) in [6.07, 6.45) is 0.603. The van der Waals surface area contributed by atoms with E-state index in [0.29, 0.717) is 11.0 Å². The summed E-state index contributed by atoms with van der Waals surface area (Å²) in [5, 5.41) is 0.310. The Bertz CT molecular complexity index is 190. The fraction of sp³-hybridized carbons (Fsp3) is 0.286. The lowest BCUT2D eigenvalue weighted by atomic mass is 10.3. The van der Waals surface area contributed by atoms with E-state index in [0.717, 1.165) is 0 Å². The van der Waals surface area contributed by atoms with Crippen molar-refractivity contribution >= 4 is 15.9 Å². The minimum Gasteiger partial charge on any atom is -0.258 e. The Labute approximate surface area is 67.4 Å². The van der Waals surface area contributed by atoms with E-state index < -0.39 is 6.17 Å². The zero-order valence-corrected chi connectivity index (χ0v) is 6.88. The van der Waals surface area contributed by atoms with Crippen LogP contribution in [0.3, 0.4) is 0 Å². The van der Waals surface area contributed by atoms with Gasteiger partial charge in [-0.3, -0.25) is 4.98 Å². The van der Waals surface area contributed by atoms with Gasteiger partial charge in [0.15, 0.2) is 6.17 Å². The third kappa shape index (κ3) is 1.77. The molecule has 3 heteroatoms. The summed E-state index contributed by atoms with van der Waals surface area (Å²) in [6, 6.07) is 5.22. The number of hydrogen-bond donors (Lipinski definition) is 0. The number of alkyl halides is 2. The molecular formula is C7H7BrFN. The van der Waals surface area contributed by atoms with Gasteiger partial charge in [-0.15, -0.1) is 0 Å². The lowest BCUT2D eigenvalue weighted by molar-refractivity contribution is 0.374. The highest BCUT2D eigenvalue weighted by Gasteiger charge is 2.06. The molecule has 0 aromatic carbocycles. The van der Waals surface area contributed by atoms with Crippen molar-refractivity contribution in [1.29, 1.82) is 0 Å². The van der Waals surface area contributed by atoms with Gasteiger partial charge in [-0.2, -0.15) is 0 Å². The van der Waals surface area contributed by atoms with Crippen LogP contribution >= 0.6 is 15.9 Å². The van der Waals surface area contributed by atoms with Gasteiger partial charge in [-0.05, 0) is 12.1 Å². The second-order valence-electron chi connectivity index (χ2n) is 1.88. The maximum Gasteiger partial charge on any atom is 0.151 e. The second-order valence-corrected chi connectivity index (χ2v) is 2.52. The van der Waals surface area contributed by atoms with Crippen molar-refractivity contribution in [2.45, 2.75) is 6.17 Å². The maximum absolute atomic E-state index is 12.8. The van der Waals surface area contributed by atoms with Crippen LogP contribution in [0.25, 0.3) is 0 Å². The highest BCUT2D eigenvalue weighted by Crippen LogP contribution is 2.15. The molecule has 0 radical (unpaired) electrons. The lowest BCUT2D eigenvalue weighted by Gasteiger charge is -2.00. The molecule has 0 saturated carbocycles. The van der Waals surface area contributed by atoms with Gasteiger partial charge in [0.1, 0.15) is 0 Å². The van der Waals surface area contributed by atoms with Crippen LogP contribution in [0.1, 0.15) is 11.9 Å². The smallest absolute Gasteiger partial charge is 0.151 e. The number of hydrogen-bond acceptors (Lipinski definition) is 1. The van der Waals surface area contributed by atoms with Crippen molar-refractivity contribution in [2.24, 2.45) is 0 Å². The first-order chi connectivity index (χ1) is 4.84. The molecule has 0 saturated heterocycles. The Morgan fingerprint density at radius 2 is 2.40 bits per heavy atom. The molecule has 1 atom stereocenters. The van der Waals surface area contributed by atoms with Gasteiger partial charge >= 0.3 is 0 Å². The summed E-state index contributed by atoms with van der Waals surface area (Å²) in [5.41, 5.74) is 0.486. The molecule has 0 unspecified atom stereocenters. The van der Waals surface area contributed by atoms with Crippen molar-refractivity contribution in [3.8, 4) is 0 Å². The normalized spacial score (nSPS) is 13.0. The van der Waals surface area contributed by atoms with E-state index in [1.54, 1.807) is 24.4 Å². The van der Waals surface area contributed by atoms with Crippen LogP contribution in [0.2, 0.25) is 0 Å². The summed E-state index contributed by atoms with van der Waals surface area (Å²) in [6.45, 7) is 0. The summed E-state index contributed by atoms with van der Waals surface area (Å²) in [4.78, 5) is 3.84. The molecule has 1 nitrogen and oxygen atoms in total. The van der Waals surface area contributed by atoms with E-state index in [-0.39, 0.29) is 0 Å². The number of nitrogens with zero attached hydrogens (tertiary/aromatic N) is 1. The predicted molar refractivity (Wildman–Crippen MR) is 41.9 cm³/mol. The molecule has 0 aliphatic rings. The Morgan fingerprint density at radius 1 is 1.60 bits per heavy atom. The van der Waals surface area contributed by atoms with Crippen LogP contribution in [0.4, 0.5) is 4.39 Å². The fourth-order valence-corrected chi connectivity index (χ4v) is 0.972. The molecule has 1 aromatic rings. The van der Waals surface area contributed by atoms with Crippen LogP contribution in [0, 0.1) is 0 Å². The summed E-state index contributed by atoms with van der Waals surface area (Å²) in [5.74, 6) is 0. The van der Waals surface area contributed by atoms with Crippen molar-refractivity contribution < 1.29 is 4.39 Å². The van der Waals surface area contributed by atoms with Crippen LogP contribution in [-0.2, 0) is 0 Å². The zero-order valence-electron chi connectivity index (χ0n) is 5.30. The molecule has 1 aromatic heterocycles. The van der Waals surface area contributed by atoms with E-state index in [2.05, 4.69) is 20.9 Å². The van der Waals surface area contributed by atoms with Gasteiger partial charge in [0, 0.05) is 11.5 Å². The number of aromatic nitrogens is 1. The van der Waals surface area contributed by atoms with Crippen LogP contribution in [0.15, 0.2) is 24.4 Å². The Kier molecular flexibility index (Phi) is 2.81.